The molecule has 4 heteroatoms. The summed E-state index contributed by atoms with van der Waals surface area (Å²) in [6.07, 6.45) is 1.11. The van der Waals surface area contributed by atoms with Crippen molar-refractivity contribution in [3.05, 3.63) is 42.5 Å². The molecule has 0 aliphatic carbocycles. The average molecular weight is 281 g/mol. The van der Waals surface area contributed by atoms with Gasteiger partial charge in [0.15, 0.2) is 0 Å². The fourth-order valence-electron chi connectivity index (χ4n) is 3.60. The number of nitrogens with one attached hydrogen (secondary N) is 3. The van der Waals surface area contributed by atoms with Gasteiger partial charge in [-0.15, -0.1) is 0 Å². The summed E-state index contributed by atoms with van der Waals surface area (Å²) in [4.78, 5) is 12.6. The van der Waals surface area contributed by atoms with E-state index in [1.54, 1.807) is 0 Å². The summed E-state index contributed by atoms with van der Waals surface area (Å²) in [6.45, 7) is 1.76. The number of amides is 1. The van der Waals surface area contributed by atoms with Gasteiger partial charge in [-0.05, 0) is 24.4 Å². The van der Waals surface area contributed by atoms with E-state index >= 15 is 0 Å². The van der Waals surface area contributed by atoms with Crippen molar-refractivity contribution < 1.29 is 4.79 Å². The highest BCUT2D eigenvalue weighted by molar-refractivity contribution is 6.03. The van der Waals surface area contributed by atoms with Gasteiger partial charge in [-0.1, -0.05) is 36.4 Å². The topological polar surface area (TPSA) is 53.2 Å². The third kappa shape index (κ3) is 2.20. The van der Waals surface area contributed by atoms with E-state index < -0.39 is 0 Å². The SMILES string of the molecule is O=C(Nc1cccc2ccccc12)C1CNC2CCNC21. The number of rotatable bonds is 2. The van der Waals surface area contributed by atoms with Crippen LogP contribution < -0.4 is 16.0 Å². The molecule has 3 N–H and O–H groups in total. The highest BCUT2D eigenvalue weighted by atomic mass is 16.2. The largest absolute Gasteiger partial charge is 0.325 e. The summed E-state index contributed by atoms with van der Waals surface area (Å²) in [6, 6.07) is 14.9. The van der Waals surface area contributed by atoms with Crippen molar-refractivity contribution in [1.82, 2.24) is 10.6 Å². The molecule has 2 aromatic rings. The predicted octanol–water partition coefficient (Wildman–Crippen LogP) is 1.73. The second kappa shape index (κ2) is 5.13. The molecule has 2 fully saturated rings. The lowest BCUT2D eigenvalue weighted by Gasteiger charge is -2.18. The van der Waals surface area contributed by atoms with Gasteiger partial charge in [0, 0.05) is 29.7 Å². The van der Waals surface area contributed by atoms with Crippen LogP contribution in [0.4, 0.5) is 5.69 Å². The van der Waals surface area contributed by atoms with Gasteiger partial charge in [-0.2, -0.15) is 0 Å². The number of carbonyl (C=O) groups is 1. The number of hydrogen-bond donors (Lipinski definition) is 3. The molecule has 21 heavy (non-hydrogen) atoms. The van der Waals surface area contributed by atoms with Crippen LogP contribution in [0.1, 0.15) is 6.42 Å². The van der Waals surface area contributed by atoms with E-state index in [4.69, 9.17) is 0 Å². The molecule has 2 aliphatic heterocycles. The van der Waals surface area contributed by atoms with E-state index in [1.807, 2.05) is 24.3 Å². The maximum Gasteiger partial charge on any atom is 0.230 e. The van der Waals surface area contributed by atoms with Crippen LogP contribution >= 0.6 is 0 Å². The minimum Gasteiger partial charge on any atom is -0.325 e. The van der Waals surface area contributed by atoms with Crippen LogP contribution in [-0.2, 0) is 4.79 Å². The van der Waals surface area contributed by atoms with E-state index in [2.05, 4.69) is 34.1 Å². The molecule has 4 nitrogen and oxygen atoms in total. The summed E-state index contributed by atoms with van der Waals surface area (Å²) in [7, 11) is 0. The smallest absolute Gasteiger partial charge is 0.230 e. The van der Waals surface area contributed by atoms with Crippen LogP contribution in [0.5, 0.6) is 0 Å². The first-order chi connectivity index (χ1) is 10.3. The van der Waals surface area contributed by atoms with Crippen molar-refractivity contribution >= 4 is 22.4 Å². The maximum atomic E-state index is 12.6. The summed E-state index contributed by atoms with van der Waals surface area (Å²) in [5.74, 6) is 0.122. The van der Waals surface area contributed by atoms with Crippen LogP contribution in [-0.4, -0.2) is 31.1 Å². The molecule has 0 saturated carbocycles. The Morgan fingerprint density at radius 3 is 2.90 bits per heavy atom. The molecular weight excluding hydrogens is 262 g/mol. The van der Waals surface area contributed by atoms with Gasteiger partial charge in [0.2, 0.25) is 5.91 Å². The Morgan fingerprint density at radius 1 is 1.10 bits per heavy atom. The first kappa shape index (κ1) is 12.8. The van der Waals surface area contributed by atoms with Crippen LogP contribution in [0.2, 0.25) is 0 Å². The Labute approximate surface area is 123 Å². The Hall–Kier alpha value is -1.91. The summed E-state index contributed by atoms with van der Waals surface area (Å²) in [5, 5.41) is 12.3. The van der Waals surface area contributed by atoms with E-state index in [0.29, 0.717) is 6.04 Å². The molecule has 0 bridgehead atoms. The van der Waals surface area contributed by atoms with E-state index in [1.165, 1.54) is 0 Å². The highest BCUT2D eigenvalue weighted by Gasteiger charge is 2.42. The summed E-state index contributed by atoms with van der Waals surface area (Å²) >= 11 is 0. The fourth-order valence-corrected chi connectivity index (χ4v) is 3.60. The molecule has 108 valence electrons. The Morgan fingerprint density at radius 2 is 1.95 bits per heavy atom. The monoisotopic (exact) mass is 281 g/mol. The number of carbonyl (C=O) groups excluding carboxylic acids is 1. The van der Waals surface area contributed by atoms with E-state index in [9.17, 15) is 4.79 Å². The zero-order valence-electron chi connectivity index (χ0n) is 11.8. The molecular formula is C17H19N3O. The molecule has 0 spiro atoms. The van der Waals surface area contributed by atoms with Crippen LogP contribution in [0, 0.1) is 5.92 Å². The van der Waals surface area contributed by atoms with Gasteiger partial charge >= 0.3 is 0 Å². The summed E-state index contributed by atoms with van der Waals surface area (Å²) in [5.41, 5.74) is 0.902. The second-order valence-corrected chi connectivity index (χ2v) is 5.91. The number of benzene rings is 2. The van der Waals surface area contributed by atoms with Crippen LogP contribution in [0.15, 0.2) is 42.5 Å². The zero-order valence-corrected chi connectivity index (χ0v) is 11.8. The van der Waals surface area contributed by atoms with E-state index in [-0.39, 0.29) is 17.9 Å². The molecule has 0 aromatic heterocycles. The molecule has 2 aromatic carbocycles. The molecule has 3 unspecified atom stereocenters. The quantitative estimate of drug-likeness (QED) is 0.786. The lowest BCUT2D eigenvalue weighted by molar-refractivity contribution is -0.119. The third-order valence-corrected chi connectivity index (χ3v) is 4.69. The molecule has 0 radical (unpaired) electrons. The van der Waals surface area contributed by atoms with Crippen molar-refractivity contribution in [3.8, 4) is 0 Å². The van der Waals surface area contributed by atoms with Crippen molar-refractivity contribution in [2.75, 3.05) is 18.4 Å². The minimum atomic E-state index is 0.0106. The minimum absolute atomic E-state index is 0.0106. The van der Waals surface area contributed by atoms with Crippen molar-refractivity contribution in [3.63, 3.8) is 0 Å². The Bertz CT molecular complexity index is 679. The number of anilines is 1. The average Bonchev–Trinajstić information content (AvgIpc) is 3.10. The Balaban J connectivity index is 1.58. The van der Waals surface area contributed by atoms with Gasteiger partial charge in [0.25, 0.3) is 0 Å². The maximum absolute atomic E-state index is 12.6. The number of hydrogen-bond acceptors (Lipinski definition) is 3. The molecule has 2 heterocycles. The van der Waals surface area contributed by atoms with Gasteiger partial charge in [-0.3, -0.25) is 4.79 Å². The lowest BCUT2D eigenvalue weighted by Crippen LogP contribution is -2.40. The lowest BCUT2D eigenvalue weighted by atomic mass is 9.99. The Kier molecular flexibility index (Phi) is 3.13. The second-order valence-electron chi connectivity index (χ2n) is 5.91. The van der Waals surface area contributed by atoms with Crippen molar-refractivity contribution in [1.29, 1.82) is 0 Å². The predicted molar refractivity (Wildman–Crippen MR) is 84.3 cm³/mol. The first-order valence-electron chi connectivity index (χ1n) is 7.58. The van der Waals surface area contributed by atoms with Gasteiger partial charge < -0.3 is 16.0 Å². The van der Waals surface area contributed by atoms with Crippen LogP contribution in [0.3, 0.4) is 0 Å². The third-order valence-electron chi connectivity index (χ3n) is 4.69. The highest BCUT2D eigenvalue weighted by Crippen LogP contribution is 2.26. The molecule has 2 aliphatic rings. The van der Waals surface area contributed by atoms with Gasteiger partial charge in [0.1, 0.15) is 0 Å². The molecule has 4 rings (SSSR count). The van der Waals surface area contributed by atoms with Crippen LogP contribution in [0.25, 0.3) is 10.8 Å². The standard InChI is InChI=1S/C17H19N3O/c21-17(13-10-19-15-8-9-18-16(13)15)20-14-7-3-5-11-4-1-2-6-12(11)14/h1-7,13,15-16,18-19H,8-10H2,(H,20,21). The van der Waals surface area contributed by atoms with Crippen molar-refractivity contribution in [2.45, 2.75) is 18.5 Å². The molecule has 2 saturated heterocycles. The fraction of sp³-hybridized carbons (Fsp3) is 0.353. The normalized spacial score (nSPS) is 27.7. The van der Waals surface area contributed by atoms with Crippen molar-refractivity contribution in [2.24, 2.45) is 5.92 Å². The van der Waals surface area contributed by atoms with Gasteiger partial charge in [-0.25, -0.2) is 0 Å². The molecule has 3 atom stereocenters. The zero-order chi connectivity index (χ0) is 14.2. The van der Waals surface area contributed by atoms with E-state index in [0.717, 1.165) is 36.0 Å². The number of fused-ring (bicyclic) bond motifs is 2. The van der Waals surface area contributed by atoms with Gasteiger partial charge in [0.05, 0.1) is 5.92 Å². The summed E-state index contributed by atoms with van der Waals surface area (Å²) < 4.78 is 0. The first-order valence-corrected chi connectivity index (χ1v) is 7.58. The molecule has 1 amide bonds.